The lowest BCUT2D eigenvalue weighted by Gasteiger charge is -2.11. The fraction of sp³-hybridized carbons (Fsp3) is 0.400. The van der Waals surface area contributed by atoms with Crippen molar-refractivity contribution >= 4 is 17.3 Å². The highest BCUT2D eigenvalue weighted by Crippen LogP contribution is 2.40. The molecule has 70 valence electrons. The molecule has 0 amide bonds. The third-order valence-electron chi connectivity index (χ3n) is 2.54. The topological polar surface area (TPSA) is 52.0 Å². The van der Waals surface area contributed by atoms with Crippen LogP contribution in [0.25, 0.3) is 0 Å². The molecule has 0 heterocycles. The van der Waals surface area contributed by atoms with E-state index in [-0.39, 0.29) is 6.04 Å². The number of nitrogens with two attached hydrogens (primary N) is 2. The van der Waals surface area contributed by atoms with Gasteiger partial charge < -0.3 is 11.5 Å². The number of benzene rings is 1. The van der Waals surface area contributed by atoms with Gasteiger partial charge in [-0.15, -0.1) is 0 Å². The van der Waals surface area contributed by atoms with Gasteiger partial charge >= 0.3 is 0 Å². The molecule has 0 aliphatic heterocycles. The molecule has 0 saturated heterocycles. The first-order valence-corrected chi connectivity index (χ1v) is 4.87. The molecule has 3 heteroatoms. The van der Waals surface area contributed by atoms with Crippen LogP contribution in [0.2, 0.25) is 5.02 Å². The first-order valence-electron chi connectivity index (χ1n) is 4.49. The fourth-order valence-electron chi connectivity index (χ4n) is 1.48. The molecule has 2 rings (SSSR count). The van der Waals surface area contributed by atoms with Gasteiger partial charge in [-0.1, -0.05) is 17.7 Å². The van der Waals surface area contributed by atoms with Crippen molar-refractivity contribution in [2.24, 2.45) is 11.7 Å². The Labute approximate surface area is 82.9 Å². The summed E-state index contributed by atoms with van der Waals surface area (Å²) in [6.45, 7) is 0. The van der Waals surface area contributed by atoms with Crippen LogP contribution in [0.5, 0.6) is 0 Å². The van der Waals surface area contributed by atoms with Crippen LogP contribution in [-0.2, 0) is 0 Å². The molecule has 1 aliphatic rings. The third-order valence-corrected chi connectivity index (χ3v) is 2.87. The fourth-order valence-corrected chi connectivity index (χ4v) is 1.67. The van der Waals surface area contributed by atoms with E-state index in [1.165, 1.54) is 12.8 Å². The Morgan fingerprint density at radius 1 is 1.38 bits per heavy atom. The SMILES string of the molecule is Nc1ccc(C(N)C2CC2)cc1Cl. The van der Waals surface area contributed by atoms with Gasteiger partial charge in [0.25, 0.3) is 0 Å². The van der Waals surface area contributed by atoms with Crippen molar-refractivity contribution in [3.05, 3.63) is 28.8 Å². The second-order valence-electron chi connectivity index (χ2n) is 3.64. The van der Waals surface area contributed by atoms with Gasteiger partial charge in [0.15, 0.2) is 0 Å². The van der Waals surface area contributed by atoms with Gasteiger partial charge in [0.05, 0.1) is 10.7 Å². The van der Waals surface area contributed by atoms with Crippen molar-refractivity contribution in [2.75, 3.05) is 5.73 Å². The smallest absolute Gasteiger partial charge is 0.0638 e. The monoisotopic (exact) mass is 196 g/mol. The minimum Gasteiger partial charge on any atom is -0.398 e. The second kappa shape index (κ2) is 3.20. The van der Waals surface area contributed by atoms with Crippen molar-refractivity contribution in [2.45, 2.75) is 18.9 Å². The summed E-state index contributed by atoms with van der Waals surface area (Å²) in [6, 6.07) is 5.79. The Hall–Kier alpha value is -0.730. The first-order chi connectivity index (χ1) is 6.18. The average molecular weight is 197 g/mol. The van der Waals surface area contributed by atoms with Crippen molar-refractivity contribution in [1.29, 1.82) is 0 Å². The number of nitrogen functional groups attached to an aromatic ring is 1. The highest BCUT2D eigenvalue weighted by atomic mass is 35.5. The van der Waals surface area contributed by atoms with Crippen LogP contribution in [0.15, 0.2) is 18.2 Å². The normalized spacial score (nSPS) is 18.6. The largest absolute Gasteiger partial charge is 0.398 e. The second-order valence-corrected chi connectivity index (χ2v) is 4.05. The minimum absolute atomic E-state index is 0.137. The van der Waals surface area contributed by atoms with Gasteiger partial charge in [-0.3, -0.25) is 0 Å². The van der Waals surface area contributed by atoms with E-state index in [2.05, 4.69) is 0 Å². The molecule has 1 saturated carbocycles. The van der Waals surface area contributed by atoms with E-state index in [1.54, 1.807) is 0 Å². The van der Waals surface area contributed by atoms with E-state index < -0.39 is 0 Å². The average Bonchev–Trinajstić information content (AvgIpc) is 2.91. The van der Waals surface area contributed by atoms with E-state index in [0.717, 1.165) is 5.56 Å². The highest BCUT2D eigenvalue weighted by molar-refractivity contribution is 6.33. The molecule has 4 N–H and O–H groups in total. The molecule has 1 aromatic rings. The number of halogens is 1. The van der Waals surface area contributed by atoms with E-state index in [4.69, 9.17) is 23.1 Å². The summed E-state index contributed by atoms with van der Waals surface area (Å²) in [4.78, 5) is 0. The van der Waals surface area contributed by atoms with Gasteiger partial charge in [-0.2, -0.15) is 0 Å². The molecule has 0 bridgehead atoms. The molecular formula is C10H13ClN2. The molecule has 0 spiro atoms. The van der Waals surface area contributed by atoms with Crippen molar-refractivity contribution < 1.29 is 0 Å². The van der Waals surface area contributed by atoms with E-state index >= 15 is 0 Å². The summed E-state index contributed by atoms with van der Waals surface area (Å²) < 4.78 is 0. The zero-order valence-corrected chi connectivity index (χ0v) is 8.09. The van der Waals surface area contributed by atoms with E-state index in [1.807, 2.05) is 18.2 Å². The van der Waals surface area contributed by atoms with Crippen molar-refractivity contribution in [3.8, 4) is 0 Å². The van der Waals surface area contributed by atoms with Gasteiger partial charge in [0, 0.05) is 6.04 Å². The van der Waals surface area contributed by atoms with Crippen LogP contribution >= 0.6 is 11.6 Å². The summed E-state index contributed by atoms with van der Waals surface area (Å²) >= 11 is 5.90. The van der Waals surface area contributed by atoms with Gasteiger partial charge in [0.1, 0.15) is 0 Å². The maximum atomic E-state index is 6.02. The molecule has 1 fully saturated rings. The van der Waals surface area contributed by atoms with Crippen molar-refractivity contribution in [1.82, 2.24) is 0 Å². The highest BCUT2D eigenvalue weighted by Gasteiger charge is 2.29. The molecule has 1 unspecified atom stereocenters. The van der Waals surface area contributed by atoms with Gasteiger partial charge in [-0.05, 0) is 36.5 Å². The molecule has 13 heavy (non-hydrogen) atoms. The zero-order valence-electron chi connectivity index (χ0n) is 7.33. The Morgan fingerprint density at radius 3 is 2.62 bits per heavy atom. The Kier molecular flexibility index (Phi) is 2.18. The lowest BCUT2D eigenvalue weighted by Crippen LogP contribution is -2.12. The molecule has 1 aliphatic carbocycles. The predicted molar refractivity (Wildman–Crippen MR) is 55.5 cm³/mol. The van der Waals surface area contributed by atoms with Crippen LogP contribution < -0.4 is 11.5 Å². The molecule has 0 aromatic heterocycles. The molecule has 0 radical (unpaired) electrons. The van der Waals surface area contributed by atoms with Crippen LogP contribution in [0.4, 0.5) is 5.69 Å². The van der Waals surface area contributed by atoms with E-state index in [0.29, 0.717) is 16.6 Å². The lowest BCUT2D eigenvalue weighted by atomic mass is 10.0. The number of hydrogen-bond donors (Lipinski definition) is 2. The van der Waals surface area contributed by atoms with Gasteiger partial charge in [0.2, 0.25) is 0 Å². The Bertz CT molecular complexity index is 321. The van der Waals surface area contributed by atoms with Crippen LogP contribution in [0, 0.1) is 5.92 Å². The third kappa shape index (κ3) is 1.79. The van der Waals surface area contributed by atoms with Crippen molar-refractivity contribution in [3.63, 3.8) is 0 Å². The quantitative estimate of drug-likeness (QED) is 0.714. The summed E-state index contributed by atoms with van der Waals surface area (Å²) in [6.07, 6.45) is 2.48. The number of rotatable bonds is 2. The van der Waals surface area contributed by atoms with E-state index in [9.17, 15) is 0 Å². The van der Waals surface area contributed by atoms with Crippen LogP contribution in [0.3, 0.4) is 0 Å². The maximum absolute atomic E-state index is 6.02. The first kappa shape index (κ1) is 8.85. The summed E-state index contributed by atoms with van der Waals surface area (Å²) in [7, 11) is 0. The maximum Gasteiger partial charge on any atom is 0.0638 e. The zero-order chi connectivity index (χ0) is 9.42. The summed E-state index contributed by atoms with van der Waals surface area (Å²) in [5, 5.41) is 0.605. The minimum atomic E-state index is 0.137. The Morgan fingerprint density at radius 2 is 2.08 bits per heavy atom. The van der Waals surface area contributed by atoms with Gasteiger partial charge in [-0.25, -0.2) is 0 Å². The Balaban J connectivity index is 2.24. The van der Waals surface area contributed by atoms with Crippen LogP contribution in [-0.4, -0.2) is 0 Å². The summed E-state index contributed by atoms with van der Waals surface area (Å²) in [5.74, 6) is 0.652. The number of anilines is 1. The molecular weight excluding hydrogens is 184 g/mol. The predicted octanol–water partition coefficient (Wildman–Crippen LogP) is 2.33. The molecule has 1 aromatic carbocycles. The molecule has 2 nitrogen and oxygen atoms in total. The molecule has 1 atom stereocenters. The lowest BCUT2D eigenvalue weighted by molar-refractivity contribution is 0.633. The summed E-state index contributed by atoms with van der Waals surface area (Å²) in [5.41, 5.74) is 13.3. The standard InChI is InChI=1S/C10H13ClN2/c11-8-5-7(3-4-9(8)12)10(13)6-1-2-6/h3-6,10H,1-2,12-13H2. The van der Waals surface area contributed by atoms with Crippen LogP contribution in [0.1, 0.15) is 24.4 Å². The number of hydrogen-bond acceptors (Lipinski definition) is 2.